The Hall–Kier alpha value is -3.74. The number of nitrogens with zero attached hydrogens (tertiary/aromatic N) is 3. The number of aryl methyl sites for hydroxylation is 1. The lowest BCUT2D eigenvalue weighted by atomic mass is 10.1. The van der Waals surface area contributed by atoms with Crippen LogP contribution in [0.5, 0.6) is 0 Å². The largest absolute Gasteiger partial charge is 0.375 e. The number of hydrogen-bond acceptors (Lipinski definition) is 5. The molecule has 142 valence electrons. The molecule has 1 aromatic heterocycles. The summed E-state index contributed by atoms with van der Waals surface area (Å²) in [5, 5.41) is 14.3. The molecule has 0 aliphatic carbocycles. The van der Waals surface area contributed by atoms with Gasteiger partial charge in [0.25, 0.3) is 11.6 Å². The fourth-order valence-corrected chi connectivity index (χ4v) is 2.78. The van der Waals surface area contributed by atoms with Gasteiger partial charge < -0.3 is 10.2 Å². The van der Waals surface area contributed by atoms with Crippen molar-refractivity contribution in [1.29, 1.82) is 0 Å². The van der Waals surface area contributed by atoms with Crippen LogP contribution in [0.3, 0.4) is 0 Å². The lowest BCUT2D eigenvalue weighted by molar-refractivity contribution is -0.384. The summed E-state index contributed by atoms with van der Waals surface area (Å²) in [7, 11) is 1.71. The van der Waals surface area contributed by atoms with E-state index in [4.69, 9.17) is 0 Å². The van der Waals surface area contributed by atoms with Crippen LogP contribution >= 0.6 is 0 Å². The molecule has 1 amide bonds. The van der Waals surface area contributed by atoms with Gasteiger partial charge in [0.05, 0.1) is 4.92 Å². The molecule has 7 heteroatoms. The van der Waals surface area contributed by atoms with Crippen LogP contribution in [0.15, 0.2) is 67.0 Å². The Bertz CT molecular complexity index is 988. The number of hydrogen-bond donors (Lipinski definition) is 1. The van der Waals surface area contributed by atoms with Crippen LogP contribution in [0.1, 0.15) is 21.5 Å². The molecule has 1 N–H and O–H groups in total. The molecule has 0 aliphatic heterocycles. The Morgan fingerprint density at radius 3 is 2.43 bits per heavy atom. The molecule has 28 heavy (non-hydrogen) atoms. The number of carbonyl (C=O) groups is 1. The van der Waals surface area contributed by atoms with E-state index in [1.807, 2.05) is 37.3 Å². The third kappa shape index (κ3) is 4.32. The van der Waals surface area contributed by atoms with E-state index in [-0.39, 0.29) is 11.6 Å². The summed E-state index contributed by atoms with van der Waals surface area (Å²) >= 11 is 0. The first-order valence-corrected chi connectivity index (χ1v) is 8.71. The van der Waals surface area contributed by atoms with Crippen molar-refractivity contribution in [3.63, 3.8) is 0 Å². The van der Waals surface area contributed by atoms with Crippen molar-refractivity contribution in [2.75, 3.05) is 17.3 Å². The number of carbonyl (C=O) groups excluding carboxylic acids is 1. The molecule has 0 bridgehead atoms. The number of pyridine rings is 1. The molecule has 3 rings (SSSR count). The molecule has 0 radical (unpaired) electrons. The number of nitro groups is 1. The maximum Gasteiger partial charge on any atom is 0.292 e. The summed E-state index contributed by atoms with van der Waals surface area (Å²) in [6.45, 7) is 2.26. The van der Waals surface area contributed by atoms with Gasteiger partial charge in [-0.2, -0.15) is 0 Å². The number of aromatic nitrogens is 1. The molecule has 0 saturated heterocycles. The Kier molecular flexibility index (Phi) is 5.64. The standard InChI is InChI=1S/C21H20N4O3/c1-15-3-8-19(20(13-15)25(27)28)23-14-16-4-6-18(7-5-16)24(2)21(26)17-9-11-22-12-10-17/h3-13,23H,14H2,1-2H3. The quantitative estimate of drug-likeness (QED) is 0.515. The summed E-state index contributed by atoms with van der Waals surface area (Å²) < 4.78 is 0. The second kappa shape index (κ2) is 8.30. The van der Waals surface area contributed by atoms with E-state index in [1.165, 1.54) is 0 Å². The summed E-state index contributed by atoms with van der Waals surface area (Å²) in [5.74, 6) is -0.122. The Balaban J connectivity index is 1.68. The van der Waals surface area contributed by atoms with Crippen LogP contribution in [-0.2, 0) is 6.54 Å². The van der Waals surface area contributed by atoms with Crippen LogP contribution < -0.4 is 10.2 Å². The van der Waals surface area contributed by atoms with E-state index < -0.39 is 4.92 Å². The summed E-state index contributed by atoms with van der Waals surface area (Å²) in [6.07, 6.45) is 3.17. The Morgan fingerprint density at radius 2 is 1.79 bits per heavy atom. The SMILES string of the molecule is Cc1ccc(NCc2ccc(N(C)C(=O)c3ccncc3)cc2)c([N+](=O)[O-])c1. The number of nitrogens with one attached hydrogen (secondary N) is 1. The normalized spacial score (nSPS) is 10.4. The molecule has 3 aromatic rings. The van der Waals surface area contributed by atoms with Gasteiger partial charge >= 0.3 is 0 Å². The van der Waals surface area contributed by atoms with Crippen molar-refractivity contribution in [3.05, 3.63) is 93.8 Å². The van der Waals surface area contributed by atoms with E-state index in [1.54, 1.807) is 48.6 Å². The van der Waals surface area contributed by atoms with Crippen LogP contribution in [0.25, 0.3) is 0 Å². The minimum Gasteiger partial charge on any atom is -0.375 e. The average molecular weight is 376 g/mol. The number of nitro benzene ring substituents is 1. The van der Waals surface area contributed by atoms with Crippen molar-refractivity contribution in [2.24, 2.45) is 0 Å². The number of benzene rings is 2. The predicted octanol–water partition coefficient (Wildman–Crippen LogP) is 4.19. The molecule has 2 aromatic carbocycles. The van der Waals surface area contributed by atoms with Crippen LogP contribution in [-0.4, -0.2) is 22.9 Å². The third-order valence-electron chi connectivity index (χ3n) is 4.39. The molecular weight excluding hydrogens is 356 g/mol. The minimum atomic E-state index is -0.391. The Morgan fingerprint density at radius 1 is 1.11 bits per heavy atom. The fourth-order valence-electron chi connectivity index (χ4n) is 2.78. The van der Waals surface area contributed by atoms with Crippen LogP contribution in [0, 0.1) is 17.0 Å². The zero-order chi connectivity index (χ0) is 20.1. The molecule has 0 spiro atoms. The van der Waals surface area contributed by atoms with Crippen molar-refractivity contribution in [2.45, 2.75) is 13.5 Å². The molecule has 1 heterocycles. The molecule has 0 aliphatic rings. The zero-order valence-corrected chi connectivity index (χ0v) is 15.6. The maximum absolute atomic E-state index is 12.5. The van der Waals surface area contributed by atoms with E-state index in [0.717, 1.165) is 16.8 Å². The van der Waals surface area contributed by atoms with Gasteiger partial charge in [-0.3, -0.25) is 19.9 Å². The second-order valence-electron chi connectivity index (χ2n) is 6.40. The molecule has 0 saturated carbocycles. The molecule has 0 atom stereocenters. The number of rotatable bonds is 6. The average Bonchev–Trinajstić information content (AvgIpc) is 2.72. The van der Waals surface area contributed by atoms with Crippen molar-refractivity contribution >= 4 is 23.0 Å². The summed E-state index contributed by atoms with van der Waals surface area (Å²) in [5.41, 5.74) is 3.64. The molecular formula is C21H20N4O3. The second-order valence-corrected chi connectivity index (χ2v) is 6.40. The monoisotopic (exact) mass is 376 g/mol. The zero-order valence-electron chi connectivity index (χ0n) is 15.6. The van der Waals surface area contributed by atoms with Gasteiger partial charge in [-0.05, 0) is 48.4 Å². The van der Waals surface area contributed by atoms with Gasteiger partial charge in [0.2, 0.25) is 0 Å². The Labute approximate surface area is 162 Å². The summed E-state index contributed by atoms with van der Waals surface area (Å²) in [4.78, 5) is 28.8. The van der Waals surface area contributed by atoms with E-state index in [2.05, 4.69) is 10.3 Å². The van der Waals surface area contributed by atoms with Crippen LogP contribution in [0.4, 0.5) is 17.1 Å². The van der Waals surface area contributed by atoms with Crippen molar-refractivity contribution in [3.8, 4) is 0 Å². The topological polar surface area (TPSA) is 88.4 Å². The van der Waals surface area contributed by atoms with Gasteiger partial charge in [0, 0.05) is 43.3 Å². The maximum atomic E-state index is 12.5. The van der Waals surface area contributed by atoms with Gasteiger partial charge in [-0.25, -0.2) is 0 Å². The van der Waals surface area contributed by atoms with E-state index in [0.29, 0.717) is 17.8 Å². The highest BCUT2D eigenvalue weighted by Gasteiger charge is 2.14. The van der Waals surface area contributed by atoms with Gasteiger partial charge in [-0.1, -0.05) is 18.2 Å². The van der Waals surface area contributed by atoms with Crippen molar-refractivity contribution in [1.82, 2.24) is 4.98 Å². The summed E-state index contributed by atoms with van der Waals surface area (Å²) in [6, 6.07) is 15.9. The first-order valence-electron chi connectivity index (χ1n) is 8.71. The van der Waals surface area contributed by atoms with Gasteiger partial charge in [-0.15, -0.1) is 0 Å². The lowest BCUT2D eigenvalue weighted by Crippen LogP contribution is -2.26. The first-order chi connectivity index (χ1) is 13.5. The lowest BCUT2D eigenvalue weighted by Gasteiger charge is -2.18. The van der Waals surface area contributed by atoms with Crippen molar-refractivity contribution < 1.29 is 9.72 Å². The minimum absolute atomic E-state index is 0.0549. The van der Waals surface area contributed by atoms with E-state index >= 15 is 0 Å². The molecule has 0 fully saturated rings. The third-order valence-corrected chi connectivity index (χ3v) is 4.39. The highest BCUT2D eigenvalue weighted by molar-refractivity contribution is 6.05. The highest BCUT2D eigenvalue weighted by atomic mass is 16.6. The van der Waals surface area contributed by atoms with Crippen LogP contribution in [0.2, 0.25) is 0 Å². The number of amides is 1. The molecule has 7 nitrogen and oxygen atoms in total. The van der Waals surface area contributed by atoms with Gasteiger partial charge in [0.15, 0.2) is 0 Å². The highest BCUT2D eigenvalue weighted by Crippen LogP contribution is 2.26. The van der Waals surface area contributed by atoms with E-state index in [9.17, 15) is 14.9 Å². The number of anilines is 2. The first kappa shape index (κ1) is 19.0. The fraction of sp³-hybridized carbons (Fsp3) is 0.143. The van der Waals surface area contributed by atoms with Gasteiger partial charge in [0.1, 0.15) is 5.69 Å². The predicted molar refractivity (Wildman–Crippen MR) is 109 cm³/mol. The molecule has 0 unspecified atom stereocenters. The smallest absolute Gasteiger partial charge is 0.292 e.